The van der Waals surface area contributed by atoms with Crippen molar-refractivity contribution in [2.24, 2.45) is 0 Å². The molecule has 0 heterocycles. The predicted molar refractivity (Wildman–Crippen MR) is 104 cm³/mol. The van der Waals surface area contributed by atoms with Gasteiger partial charge < -0.3 is 15.4 Å². The van der Waals surface area contributed by atoms with Gasteiger partial charge in [0.25, 0.3) is 5.91 Å². The molecule has 0 saturated carbocycles. The fourth-order valence-electron chi connectivity index (χ4n) is 2.22. The number of nitrogens with one attached hydrogen (secondary N) is 2. The number of amides is 2. The number of sulfone groups is 1. The molecule has 2 N–H and O–H groups in total. The molecule has 0 saturated heterocycles. The zero-order valence-electron chi connectivity index (χ0n) is 15.6. The minimum atomic E-state index is -3.47. The lowest BCUT2D eigenvalue weighted by molar-refractivity contribution is -0.123. The maximum atomic E-state index is 12.2. The Balaban J connectivity index is 2.00. The van der Waals surface area contributed by atoms with Gasteiger partial charge in [0.1, 0.15) is 0 Å². The van der Waals surface area contributed by atoms with Gasteiger partial charge in [-0.3, -0.25) is 9.59 Å². The van der Waals surface area contributed by atoms with E-state index in [1.54, 1.807) is 24.3 Å². The van der Waals surface area contributed by atoms with Gasteiger partial charge in [0.2, 0.25) is 5.91 Å². The molecule has 1 unspecified atom stereocenters. The van der Waals surface area contributed by atoms with Crippen LogP contribution in [0.2, 0.25) is 0 Å². The molecular weight excluding hydrogens is 384 g/mol. The van der Waals surface area contributed by atoms with E-state index in [4.69, 9.17) is 4.74 Å². The Bertz CT molecular complexity index is 999. The summed E-state index contributed by atoms with van der Waals surface area (Å²) in [5.41, 5.74) is 1.07. The summed E-state index contributed by atoms with van der Waals surface area (Å²) >= 11 is 0. The molecule has 9 heteroatoms. The topological polar surface area (TPSA) is 119 Å². The highest BCUT2D eigenvalue weighted by Gasteiger charge is 2.20. The van der Waals surface area contributed by atoms with Gasteiger partial charge in [0.05, 0.1) is 10.5 Å². The molecule has 2 rings (SSSR count). The van der Waals surface area contributed by atoms with Crippen molar-refractivity contribution in [3.63, 3.8) is 0 Å². The van der Waals surface area contributed by atoms with Crippen molar-refractivity contribution in [2.75, 3.05) is 16.9 Å². The van der Waals surface area contributed by atoms with Gasteiger partial charge >= 0.3 is 5.97 Å². The number of benzene rings is 2. The minimum absolute atomic E-state index is 0.0154. The summed E-state index contributed by atoms with van der Waals surface area (Å²) in [7, 11) is -3.47. The Kier molecular flexibility index (Phi) is 6.53. The van der Waals surface area contributed by atoms with E-state index in [0.717, 1.165) is 6.26 Å². The lowest BCUT2D eigenvalue weighted by Crippen LogP contribution is -2.30. The summed E-state index contributed by atoms with van der Waals surface area (Å²) in [6, 6.07) is 11.8. The van der Waals surface area contributed by atoms with Gasteiger partial charge in [0, 0.05) is 24.6 Å². The van der Waals surface area contributed by atoms with E-state index in [9.17, 15) is 22.8 Å². The molecule has 0 aromatic heterocycles. The maximum absolute atomic E-state index is 12.2. The summed E-state index contributed by atoms with van der Waals surface area (Å²) in [4.78, 5) is 35.4. The van der Waals surface area contributed by atoms with E-state index in [1.807, 2.05) is 0 Å². The van der Waals surface area contributed by atoms with E-state index in [0.29, 0.717) is 11.4 Å². The number of ether oxygens (including phenoxy) is 1. The zero-order chi connectivity index (χ0) is 20.9. The molecule has 0 bridgehead atoms. The molecule has 2 amide bonds. The lowest BCUT2D eigenvalue weighted by atomic mass is 10.2. The summed E-state index contributed by atoms with van der Waals surface area (Å²) in [6.07, 6.45) is -0.0746. The van der Waals surface area contributed by atoms with Crippen LogP contribution in [0.5, 0.6) is 0 Å². The molecule has 0 aliphatic rings. The Labute approximate surface area is 162 Å². The van der Waals surface area contributed by atoms with Crippen LogP contribution in [0.1, 0.15) is 24.2 Å². The third kappa shape index (κ3) is 5.92. The number of hydrogen-bond donors (Lipinski definition) is 2. The van der Waals surface area contributed by atoms with Crippen LogP contribution in [-0.2, 0) is 24.2 Å². The molecule has 28 heavy (non-hydrogen) atoms. The third-order valence-corrected chi connectivity index (χ3v) is 4.73. The largest absolute Gasteiger partial charge is 0.449 e. The Morgan fingerprint density at radius 2 is 1.54 bits per heavy atom. The molecule has 0 aliphatic heterocycles. The van der Waals surface area contributed by atoms with Crippen LogP contribution >= 0.6 is 0 Å². The zero-order valence-corrected chi connectivity index (χ0v) is 16.4. The fraction of sp³-hybridized carbons (Fsp3) is 0.211. The van der Waals surface area contributed by atoms with Gasteiger partial charge in [-0.15, -0.1) is 0 Å². The van der Waals surface area contributed by atoms with Gasteiger partial charge in [-0.2, -0.15) is 0 Å². The third-order valence-electron chi connectivity index (χ3n) is 3.62. The van der Waals surface area contributed by atoms with Crippen molar-refractivity contribution in [1.82, 2.24) is 0 Å². The molecule has 0 radical (unpaired) electrons. The molecule has 2 aromatic carbocycles. The lowest BCUT2D eigenvalue weighted by Gasteiger charge is -2.14. The van der Waals surface area contributed by atoms with Crippen LogP contribution < -0.4 is 10.6 Å². The normalized spacial score (nSPS) is 12.0. The number of anilines is 2. The summed E-state index contributed by atoms with van der Waals surface area (Å²) in [5.74, 6) is -1.58. The second kappa shape index (κ2) is 8.66. The van der Waals surface area contributed by atoms with Crippen molar-refractivity contribution in [3.8, 4) is 0 Å². The predicted octanol–water partition coefficient (Wildman–Crippen LogP) is 2.23. The van der Waals surface area contributed by atoms with Crippen LogP contribution in [0.4, 0.5) is 11.4 Å². The van der Waals surface area contributed by atoms with Gasteiger partial charge in [0.15, 0.2) is 15.9 Å². The van der Waals surface area contributed by atoms with Crippen molar-refractivity contribution < 1.29 is 27.5 Å². The molecule has 0 spiro atoms. The van der Waals surface area contributed by atoms with Crippen molar-refractivity contribution >= 4 is 39.0 Å². The second-order valence-electron chi connectivity index (χ2n) is 6.10. The second-order valence-corrected chi connectivity index (χ2v) is 8.11. The van der Waals surface area contributed by atoms with E-state index < -0.39 is 27.8 Å². The van der Waals surface area contributed by atoms with Crippen molar-refractivity contribution in [1.29, 1.82) is 0 Å². The first-order valence-electron chi connectivity index (χ1n) is 8.26. The smallest absolute Gasteiger partial charge is 0.338 e. The van der Waals surface area contributed by atoms with Crippen LogP contribution in [0, 0.1) is 0 Å². The summed E-state index contributed by atoms with van der Waals surface area (Å²) in [5, 5.41) is 5.19. The summed E-state index contributed by atoms with van der Waals surface area (Å²) < 4.78 is 28.3. The van der Waals surface area contributed by atoms with Crippen LogP contribution in [0.25, 0.3) is 0 Å². The van der Waals surface area contributed by atoms with Crippen LogP contribution in [0.3, 0.4) is 0 Å². The Morgan fingerprint density at radius 1 is 0.964 bits per heavy atom. The molecule has 0 aliphatic carbocycles. The van der Waals surface area contributed by atoms with Crippen LogP contribution in [-0.4, -0.2) is 38.6 Å². The number of esters is 1. The number of carbonyl (C=O) groups is 3. The van der Waals surface area contributed by atoms with Crippen molar-refractivity contribution in [2.45, 2.75) is 24.8 Å². The van der Waals surface area contributed by atoms with E-state index in [2.05, 4.69) is 10.6 Å². The standard InChI is InChI=1S/C19H20N2O6S/c1-12(18(23)21-16-9-7-15(8-10-16)20-13(2)22)27-19(24)14-5-4-6-17(11-14)28(3,25)26/h4-12H,1-3H3,(H,20,22)(H,21,23). The Hall–Kier alpha value is -3.20. The molecular formula is C19H20N2O6S. The number of hydrogen-bond acceptors (Lipinski definition) is 6. The molecule has 8 nitrogen and oxygen atoms in total. The van der Waals surface area contributed by atoms with E-state index in [-0.39, 0.29) is 16.4 Å². The Morgan fingerprint density at radius 3 is 2.07 bits per heavy atom. The highest BCUT2D eigenvalue weighted by atomic mass is 32.2. The number of carbonyl (C=O) groups excluding carboxylic acids is 3. The van der Waals surface area contributed by atoms with Gasteiger partial charge in [-0.1, -0.05) is 6.07 Å². The molecule has 0 fully saturated rings. The SMILES string of the molecule is CC(=O)Nc1ccc(NC(=O)C(C)OC(=O)c2cccc(S(C)(=O)=O)c2)cc1. The average molecular weight is 404 g/mol. The molecule has 148 valence electrons. The fourth-order valence-corrected chi connectivity index (χ4v) is 2.89. The van der Waals surface area contributed by atoms with E-state index >= 15 is 0 Å². The molecule has 1 atom stereocenters. The average Bonchev–Trinajstić information content (AvgIpc) is 2.62. The number of rotatable bonds is 6. The van der Waals surface area contributed by atoms with Crippen molar-refractivity contribution in [3.05, 3.63) is 54.1 Å². The van der Waals surface area contributed by atoms with Crippen LogP contribution in [0.15, 0.2) is 53.4 Å². The quantitative estimate of drug-likeness (QED) is 0.713. The maximum Gasteiger partial charge on any atom is 0.338 e. The molecule has 2 aromatic rings. The van der Waals surface area contributed by atoms with Gasteiger partial charge in [-0.05, 0) is 49.4 Å². The van der Waals surface area contributed by atoms with Gasteiger partial charge in [-0.25, -0.2) is 13.2 Å². The monoisotopic (exact) mass is 404 g/mol. The van der Waals surface area contributed by atoms with E-state index in [1.165, 1.54) is 38.1 Å². The summed E-state index contributed by atoms with van der Waals surface area (Å²) in [6.45, 7) is 2.79. The first-order valence-corrected chi connectivity index (χ1v) is 10.1. The highest BCUT2D eigenvalue weighted by molar-refractivity contribution is 7.90. The first-order chi connectivity index (χ1) is 13.1. The highest BCUT2D eigenvalue weighted by Crippen LogP contribution is 2.15. The first kappa shape index (κ1) is 21.1. The minimum Gasteiger partial charge on any atom is -0.449 e.